The van der Waals surface area contributed by atoms with Crippen LogP contribution in [0.25, 0.3) is 6.08 Å². The molecule has 0 bridgehead atoms. The van der Waals surface area contributed by atoms with Gasteiger partial charge in [-0.3, -0.25) is 14.9 Å². The minimum Gasteiger partial charge on any atom is -0.493 e. The van der Waals surface area contributed by atoms with Crippen molar-refractivity contribution in [3.8, 4) is 11.5 Å². The van der Waals surface area contributed by atoms with E-state index in [9.17, 15) is 14.4 Å². The van der Waals surface area contributed by atoms with Gasteiger partial charge in [-0.2, -0.15) is 0 Å². The maximum atomic E-state index is 13.1. The Hall–Kier alpha value is -3.32. The van der Waals surface area contributed by atoms with E-state index in [1.807, 2.05) is 0 Å². The van der Waals surface area contributed by atoms with Crippen LogP contribution in [-0.2, 0) is 9.59 Å². The number of urea groups is 1. The van der Waals surface area contributed by atoms with Crippen LogP contribution >= 0.6 is 11.6 Å². The van der Waals surface area contributed by atoms with E-state index in [2.05, 4.69) is 12.2 Å². The van der Waals surface area contributed by atoms with Crippen molar-refractivity contribution in [2.24, 2.45) is 0 Å². The molecule has 0 aliphatic carbocycles. The summed E-state index contributed by atoms with van der Waals surface area (Å²) in [7, 11) is 1.51. The number of carbonyl (C=O) groups excluding carboxylic acids is 3. The zero-order chi connectivity index (χ0) is 22.5. The van der Waals surface area contributed by atoms with Gasteiger partial charge in [0.05, 0.1) is 19.4 Å². The molecular weight excluding hydrogens is 420 g/mol. The van der Waals surface area contributed by atoms with Crippen LogP contribution in [-0.4, -0.2) is 31.6 Å². The van der Waals surface area contributed by atoms with Gasteiger partial charge in [0.15, 0.2) is 11.5 Å². The fourth-order valence-corrected chi connectivity index (χ4v) is 3.25. The Kier molecular flexibility index (Phi) is 6.97. The molecule has 8 heteroatoms. The summed E-state index contributed by atoms with van der Waals surface area (Å²) in [4.78, 5) is 38.8. The van der Waals surface area contributed by atoms with Crippen molar-refractivity contribution in [1.29, 1.82) is 0 Å². The quantitative estimate of drug-likeness (QED) is 0.387. The number of benzene rings is 2. The average molecular weight is 443 g/mol. The predicted molar refractivity (Wildman–Crippen MR) is 119 cm³/mol. The molecule has 1 heterocycles. The Balaban J connectivity index is 1.95. The molecule has 0 saturated carbocycles. The third-order valence-electron chi connectivity index (χ3n) is 4.77. The molecule has 3 rings (SSSR count). The Bertz CT molecular complexity index is 1060. The summed E-state index contributed by atoms with van der Waals surface area (Å²) in [5.74, 6) is -0.453. The number of carbonyl (C=O) groups is 3. The van der Waals surface area contributed by atoms with Crippen molar-refractivity contribution in [3.63, 3.8) is 0 Å². The van der Waals surface area contributed by atoms with Crippen LogP contribution in [0.15, 0.2) is 42.0 Å². The Morgan fingerprint density at radius 1 is 1.10 bits per heavy atom. The first kappa shape index (κ1) is 22.4. The first-order chi connectivity index (χ1) is 14.8. The van der Waals surface area contributed by atoms with Crippen molar-refractivity contribution >= 4 is 41.2 Å². The molecule has 4 amide bonds. The van der Waals surface area contributed by atoms with Gasteiger partial charge in [0.1, 0.15) is 5.57 Å². The molecule has 1 saturated heterocycles. The molecule has 7 nitrogen and oxygen atoms in total. The lowest BCUT2D eigenvalue weighted by Crippen LogP contribution is -2.54. The lowest BCUT2D eigenvalue weighted by molar-refractivity contribution is -0.122. The maximum absolute atomic E-state index is 13.1. The van der Waals surface area contributed by atoms with Gasteiger partial charge >= 0.3 is 6.03 Å². The number of methoxy groups -OCH3 is 1. The molecule has 0 atom stereocenters. The first-order valence-electron chi connectivity index (χ1n) is 9.84. The number of rotatable bonds is 7. The molecule has 0 unspecified atom stereocenters. The monoisotopic (exact) mass is 442 g/mol. The van der Waals surface area contributed by atoms with Gasteiger partial charge in [0.2, 0.25) is 0 Å². The Morgan fingerprint density at radius 3 is 2.58 bits per heavy atom. The Morgan fingerprint density at radius 2 is 1.87 bits per heavy atom. The standard InChI is InChI=1S/C23H23ClN2O5/c1-4-5-10-31-19-9-7-15(12-20(19)30-3)11-17-21(27)25-23(29)26(22(17)28)18-13-16(24)8-6-14(18)2/h6-9,11-13H,4-5,10H2,1-3H3,(H,25,27,29). The molecule has 2 aromatic carbocycles. The topological polar surface area (TPSA) is 84.9 Å². The normalized spacial score (nSPS) is 15.3. The van der Waals surface area contributed by atoms with Crippen LogP contribution < -0.4 is 19.7 Å². The number of nitrogens with one attached hydrogen (secondary N) is 1. The highest BCUT2D eigenvalue weighted by molar-refractivity contribution is 6.39. The summed E-state index contributed by atoms with van der Waals surface area (Å²) >= 11 is 6.04. The third kappa shape index (κ3) is 4.88. The van der Waals surface area contributed by atoms with Crippen LogP contribution in [0.4, 0.5) is 10.5 Å². The van der Waals surface area contributed by atoms with Crippen molar-refractivity contribution in [2.75, 3.05) is 18.6 Å². The second-order valence-electron chi connectivity index (χ2n) is 7.00. The highest BCUT2D eigenvalue weighted by Crippen LogP contribution is 2.31. The summed E-state index contributed by atoms with van der Waals surface area (Å²) in [5, 5.41) is 2.58. The van der Waals surface area contributed by atoms with E-state index in [4.69, 9.17) is 21.1 Å². The molecule has 1 N–H and O–H groups in total. The number of unbranched alkanes of at least 4 members (excludes halogenated alkanes) is 1. The van der Waals surface area contributed by atoms with Gasteiger partial charge in [-0.15, -0.1) is 0 Å². The summed E-state index contributed by atoms with van der Waals surface area (Å²) in [5.41, 5.74) is 1.35. The molecule has 1 aliphatic rings. The molecule has 162 valence electrons. The zero-order valence-electron chi connectivity index (χ0n) is 17.5. The smallest absolute Gasteiger partial charge is 0.335 e. The highest BCUT2D eigenvalue weighted by atomic mass is 35.5. The number of anilines is 1. The van der Waals surface area contributed by atoms with Gasteiger partial charge in [0, 0.05) is 5.02 Å². The number of barbiturate groups is 1. The van der Waals surface area contributed by atoms with Crippen LogP contribution in [0.2, 0.25) is 5.02 Å². The molecule has 1 fully saturated rings. The van der Waals surface area contributed by atoms with Gasteiger partial charge in [-0.1, -0.05) is 37.1 Å². The SMILES string of the molecule is CCCCOc1ccc(C=C2C(=O)NC(=O)N(c3cc(Cl)ccc3C)C2=O)cc1OC. The van der Waals surface area contributed by atoms with E-state index in [0.29, 0.717) is 39.9 Å². The largest absolute Gasteiger partial charge is 0.493 e. The van der Waals surface area contributed by atoms with Crippen molar-refractivity contribution in [1.82, 2.24) is 5.32 Å². The van der Waals surface area contributed by atoms with Gasteiger partial charge in [0.25, 0.3) is 11.8 Å². The fourth-order valence-electron chi connectivity index (χ4n) is 3.09. The Labute approximate surface area is 185 Å². The minimum atomic E-state index is -0.824. The van der Waals surface area contributed by atoms with Crippen LogP contribution in [0.3, 0.4) is 0 Å². The van der Waals surface area contributed by atoms with E-state index in [1.165, 1.54) is 19.3 Å². The van der Waals surface area contributed by atoms with E-state index < -0.39 is 17.8 Å². The molecule has 2 aromatic rings. The first-order valence-corrected chi connectivity index (χ1v) is 10.2. The number of aryl methyl sites for hydroxylation is 1. The second-order valence-corrected chi connectivity index (χ2v) is 7.44. The minimum absolute atomic E-state index is 0.180. The molecule has 1 aliphatic heterocycles. The molecule has 0 aromatic heterocycles. The van der Waals surface area contributed by atoms with Crippen molar-refractivity contribution < 1.29 is 23.9 Å². The maximum Gasteiger partial charge on any atom is 0.335 e. The third-order valence-corrected chi connectivity index (χ3v) is 5.00. The molecule has 31 heavy (non-hydrogen) atoms. The van der Waals surface area contributed by atoms with E-state index in [0.717, 1.165) is 17.7 Å². The number of imide groups is 2. The highest BCUT2D eigenvalue weighted by Gasteiger charge is 2.37. The lowest BCUT2D eigenvalue weighted by Gasteiger charge is -2.27. The van der Waals surface area contributed by atoms with Crippen molar-refractivity contribution in [2.45, 2.75) is 26.7 Å². The number of hydrogen-bond acceptors (Lipinski definition) is 5. The van der Waals surface area contributed by atoms with Crippen LogP contribution in [0.1, 0.15) is 30.9 Å². The van der Waals surface area contributed by atoms with E-state index in [-0.39, 0.29) is 5.57 Å². The van der Waals surface area contributed by atoms with Gasteiger partial charge in [-0.25, -0.2) is 9.69 Å². The summed E-state index contributed by atoms with van der Waals surface area (Å²) in [6.07, 6.45) is 3.33. The number of amides is 4. The summed E-state index contributed by atoms with van der Waals surface area (Å²) < 4.78 is 11.1. The number of halogens is 1. The predicted octanol–water partition coefficient (Wildman–Crippen LogP) is 4.50. The van der Waals surface area contributed by atoms with Crippen LogP contribution in [0, 0.1) is 6.92 Å². The number of hydrogen-bond donors (Lipinski definition) is 1. The second kappa shape index (κ2) is 9.66. The molecule has 0 radical (unpaired) electrons. The van der Waals surface area contributed by atoms with Gasteiger partial charge in [-0.05, 0) is 54.8 Å². The summed E-state index contributed by atoms with van der Waals surface area (Å²) in [6.45, 7) is 4.37. The zero-order valence-corrected chi connectivity index (χ0v) is 18.3. The van der Waals surface area contributed by atoms with E-state index >= 15 is 0 Å². The van der Waals surface area contributed by atoms with Crippen LogP contribution in [0.5, 0.6) is 11.5 Å². The number of nitrogens with zero attached hydrogens (tertiary/aromatic N) is 1. The lowest BCUT2D eigenvalue weighted by atomic mass is 10.1. The van der Waals surface area contributed by atoms with E-state index in [1.54, 1.807) is 37.3 Å². The van der Waals surface area contributed by atoms with Crippen molar-refractivity contribution in [3.05, 3.63) is 58.1 Å². The molecule has 0 spiro atoms. The number of ether oxygens (including phenoxy) is 2. The summed E-state index contributed by atoms with van der Waals surface area (Å²) in [6, 6.07) is 9.13. The van der Waals surface area contributed by atoms with Gasteiger partial charge < -0.3 is 9.47 Å². The average Bonchev–Trinajstić information content (AvgIpc) is 2.74. The molecular formula is C23H23ClN2O5. The fraction of sp³-hybridized carbons (Fsp3) is 0.261.